The lowest BCUT2D eigenvalue weighted by Gasteiger charge is -2.37. The summed E-state index contributed by atoms with van der Waals surface area (Å²) < 4.78 is 21.1. The fourth-order valence-electron chi connectivity index (χ4n) is 5.14. The summed E-state index contributed by atoms with van der Waals surface area (Å²) in [4.78, 5) is 51.2. The molecule has 0 unspecified atom stereocenters. The topological polar surface area (TPSA) is 188 Å². The molecule has 0 spiro atoms. The smallest absolute Gasteiger partial charge is 0.410 e. The Morgan fingerprint density at radius 3 is 1.28 bits per heavy atom. The summed E-state index contributed by atoms with van der Waals surface area (Å²) in [6, 6.07) is 17.7. The van der Waals surface area contributed by atoms with Crippen molar-refractivity contribution in [3.05, 3.63) is 71.8 Å². The molecular formula is C36H54N6O8. The SMILES string of the molecule is CC(C)(C)OC(=O)N1CC[C@@H](NC(=O)OCc2ccccc2)[C@@H](N)C1.CC(C)(C)OC(=O)N1CC[C@H](NC(=O)OCc2ccccc2)[C@H](N)C1. The van der Waals surface area contributed by atoms with Gasteiger partial charge in [0.15, 0.2) is 0 Å². The van der Waals surface area contributed by atoms with E-state index in [9.17, 15) is 19.2 Å². The van der Waals surface area contributed by atoms with Gasteiger partial charge in [0, 0.05) is 38.3 Å². The molecule has 14 nitrogen and oxygen atoms in total. The second kappa shape index (κ2) is 18.4. The standard InChI is InChI=1S/2C18H27N3O4/c2*1-18(2,3)25-17(23)21-10-9-15(14(19)11-21)20-16(22)24-12-13-7-5-4-6-8-13/h2*4-8,14-15H,9-12,19H2,1-3H3,(H,20,22)/t2*14-,15+/m10/s1. The number of piperidine rings is 2. The van der Waals surface area contributed by atoms with Crippen molar-refractivity contribution < 1.29 is 38.1 Å². The van der Waals surface area contributed by atoms with E-state index in [4.69, 9.17) is 30.4 Å². The molecule has 14 heteroatoms. The van der Waals surface area contributed by atoms with Crippen LogP contribution in [0.25, 0.3) is 0 Å². The molecule has 0 aliphatic carbocycles. The Bertz CT molecular complexity index is 1280. The highest BCUT2D eigenvalue weighted by Gasteiger charge is 2.34. The van der Waals surface area contributed by atoms with E-state index in [0.717, 1.165) is 11.1 Å². The number of amides is 4. The van der Waals surface area contributed by atoms with Crippen LogP contribution in [0, 0.1) is 0 Å². The number of nitrogens with one attached hydrogen (secondary N) is 2. The lowest BCUT2D eigenvalue weighted by Crippen LogP contribution is -2.59. The van der Waals surface area contributed by atoms with Crippen LogP contribution in [0.5, 0.6) is 0 Å². The molecule has 4 amide bonds. The van der Waals surface area contributed by atoms with E-state index in [0.29, 0.717) is 39.0 Å². The minimum absolute atomic E-state index is 0.207. The predicted octanol–water partition coefficient (Wildman–Crippen LogP) is 4.50. The maximum Gasteiger partial charge on any atom is 0.410 e. The summed E-state index contributed by atoms with van der Waals surface area (Å²) in [6.07, 6.45) is -0.659. The number of nitrogens with zero attached hydrogens (tertiary/aromatic N) is 2. The van der Waals surface area contributed by atoms with Gasteiger partial charge in [-0.1, -0.05) is 60.7 Å². The summed E-state index contributed by atoms with van der Waals surface area (Å²) in [5.74, 6) is 0. The highest BCUT2D eigenvalue weighted by molar-refractivity contribution is 5.70. The maximum absolute atomic E-state index is 12.1. The molecule has 2 aliphatic heterocycles. The predicted molar refractivity (Wildman–Crippen MR) is 188 cm³/mol. The fourth-order valence-corrected chi connectivity index (χ4v) is 5.14. The van der Waals surface area contributed by atoms with E-state index >= 15 is 0 Å². The van der Waals surface area contributed by atoms with Crippen LogP contribution in [0.4, 0.5) is 19.2 Å². The third-order valence-electron chi connectivity index (χ3n) is 7.65. The molecule has 2 saturated heterocycles. The number of nitrogens with two attached hydrogens (primary N) is 2. The number of ether oxygens (including phenoxy) is 4. The first-order valence-electron chi connectivity index (χ1n) is 16.9. The lowest BCUT2D eigenvalue weighted by atomic mass is 10.0. The molecule has 50 heavy (non-hydrogen) atoms. The van der Waals surface area contributed by atoms with Crippen LogP contribution in [-0.2, 0) is 32.2 Å². The number of benzene rings is 2. The summed E-state index contributed by atoms with van der Waals surface area (Å²) >= 11 is 0. The van der Waals surface area contributed by atoms with Gasteiger partial charge in [-0.3, -0.25) is 0 Å². The quantitative estimate of drug-likeness (QED) is 0.313. The molecule has 0 aromatic heterocycles. The average molecular weight is 699 g/mol. The van der Waals surface area contributed by atoms with E-state index in [-0.39, 0.29) is 49.6 Å². The molecule has 2 aromatic rings. The van der Waals surface area contributed by atoms with E-state index < -0.39 is 23.4 Å². The van der Waals surface area contributed by atoms with Crippen molar-refractivity contribution in [3.63, 3.8) is 0 Å². The monoisotopic (exact) mass is 698 g/mol. The molecule has 2 aromatic carbocycles. The van der Waals surface area contributed by atoms with Crippen molar-refractivity contribution in [3.8, 4) is 0 Å². The third-order valence-corrected chi connectivity index (χ3v) is 7.65. The molecule has 0 radical (unpaired) electrons. The van der Waals surface area contributed by atoms with E-state index in [1.807, 2.05) is 102 Å². The average Bonchev–Trinajstić information content (AvgIpc) is 3.04. The van der Waals surface area contributed by atoms with E-state index in [1.54, 1.807) is 9.80 Å². The van der Waals surface area contributed by atoms with Gasteiger partial charge in [-0.25, -0.2) is 19.2 Å². The number of carbonyl (C=O) groups is 4. The van der Waals surface area contributed by atoms with Gasteiger partial charge in [-0.2, -0.15) is 0 Å². The summed E-state index contributed by atoms with van der Waals surface area (Å²) in [5, 5.41) is 5.56. The maximum atomic E-state index is 12.1. The Morgan fingerprint density at radius 1 is 0.640 bits per heavy atom. The van der Waals surface area contributed by atoms with Crippen LogP contribution >= 0.6 is 0 Å². The van der Waals surface area contributed by atoms with Gasteiger partial charge in [-0.05, 0) is 65.5 Å². The third kappa shape index (κ3) is 14.5. The first-order valence-corrected chi connectivity index (χ1v) is 16.9. The minimum atomic E-state index is -0.544. The Kier molecular flexibility index (Phi) is 14.7. The van der Waals surface area contributed by atoms with Crippen molar-refractivity contribution >= 4 is 24.4 Å². The van der Waals surface area contributed by atoms with E-state index in [2.05, 4.69) is 10.6 Å². The van der Waals surface area contributed by atoms with E-state index in [1.165, 1.54) is 0 Å². The molecule has 0 bridgehead atoms. The summed E-state index contributed by atoms with van der Waals surface area (Å²) in [5.41, 5.74) is 13.0. The summed E-state index contributed by atoms with van der Waals surface area (Å²) in [6.45, 7) is 13.0. The molecule has 0 saturated carbocycles. The van der Waals surface area contributed by atoms with Gasteiger partial charge in [-0.15, -0.1) is 0 Å². The van der Waals surface area contributed by atoms with Crippen LogP contribution in [0.1, 0.15) is 65.5 Å². The highest BCUT2D eigenvalue weighted by Crippen LogP contribution is 2.17. The fraction of sp³-hybridized carbons (Fsp3) is 0.556. The largest absolute Gasteiger partial charge is 0.445 e. The lowest BCUT2D eigenvalue weighted by molar-refractivity contribution is 0.0167. The molecule has 2 heterocycles. The Labute approximate surface area is 295 Å². The van der Waals surface area contributed by atoms with Crippen LogP contribution in [0.15, 0.2) is 60.7 Å². The zero-order valence-electron chi connectivity index (χ0n) is 30.1. The molecular weight excluding hydrogens is 644 g/mol. The van der Waals surface area contributed by atoms with Crippen LogP contribution in [-0.4, -0.2) is 95.7 Å². The highest BCUT2D eigenvalue weighted by atomic mass is 16.6. The van der Waals surface area contributed by atoms with Gasteiger partial charge >= 0.3 is 24.4 Å². The Balaban J connectivity index is 0.000000270. The first kappa shape index (κ1) is 39.9. The van der Waals surface area contributed by atoms with Gasteiger partial charge in [0.05, 0.1) is 12.1 Å². The number of carbonyl (C=O) groups excluding carboxylic acids is 4. The van der Waals surface area contributed by atoms with Crippen molar-refractivity contribution in [1.82, 2.24) is 20.4 Å². The van der Waals surface area contributed by atoms with Crippen LogP contribution < -0.4 is 22.1 Å². The Morgan fingerprint density at radius 2 is 0.980 bits per heavy atom. The first-order chi connectivity index (χ1) is 23.5. The minimum Gasteiger partial charge on any atom is -0.445 e. The van der Waals surface area contributed by atoms with Crippen LogP contribution in [0.2, 0.25) is 0 Å². The van der Waals surface area contributed by atoms with Crippen molar-refractivity contribution in [2.24, 2.45) is 11.5 Å². The zero-order valence-corrected chi connectivity index (χ0v) is 30.1. The number of hydrogen-bond donors (Lipinski definition) is 4. The van der Waals surface area contributed by atoms with Crippen molar-refractivity contribution in [2.75, 3.05) is 26.2 Å². The molecule has 4 atom stereocenters. The number of rotatable bonds is 6. The normalized spacial score (nSPS) is 20.7. The molecule has 2 aliphatic rings. The van der Waals surface area contributed by atoms with Crippen molar-refractivity contribution in [1.29, 1.82) is 0 Å². The molecule has 4 rings (SSSR count). The number of likely N-dealkylation sites (tertiary alicyclic amines) is 2. The molecule has 276 valence electrons. The summed E-state index contributed by atoms with van der Waals surface area (Å²) in [7, 11) is 0. The van der Waals surface area contributed by atoms with Gasteiger partial charge in [0.25, 0.3) is 0 Å². The van der Waals surface area contributed by atoms with Gasteiger partial charge in [0.2, 0.25) is 0 Å². The molecule has 2 fully saturated rings. The zero-order chi connectivity index (χ0) is 36.9. The number of hydrogen-bond acceptors (Lipinski definition) is 10. The van der Waals surface area contributed by atoms with Crippen molar-refractivity contribution in [2.45, 2.75) is 103 Å². The van der Waals surface area contributed by atoms with Crippen LogP contribution in [0.3, 0.4) is 0 Å². The van der Waals surface area contributed by atoms with Gasteiger partial charge < -0.3 is 50.8 Å². The second-order valence-corrected chi connectivity index (χ2v) is 14.4. The Hall–Kier alpha value is -4.56. The second-order valence-electron chi connectivity index (χ2n) is 14.4. The molecule has 6 N–H and O–H groups in total. The number of alkyl carbamates (subject to hydrolysis) is 2. The van der Waals surface area contributed by atoms with Gasteiger partial charge in [0.1, 0.15) is 24.4 Å².